The van der Waals surface area contributed by atoms with Crippen molar-refractivity contribution in [1.82, 2.24) is 26.2 Å². The second-order valence-electron chi connectivity index (χ2n) is 11.9. The molecule has 0 saturated heterocycles. The lowest BCUT2D eigenvalue weighted by molar-refractivity contribution is -0.141. The van der Waals surface area contributed by atoms with Crippen LogP contribution in [0.5, 0.6) is 11.5 Å². The number of ether oxygens (including phenoxy) is 3. The van der Waals surface area contributed by atoms with Crippen LogP contribution in [0.2, 0.25) is 0 Å². The Morgan fingerprint density at radius 1 is 0.792 bits per heavy atom. The third-order valence-corrected chi connectivity index (χ3v) is 9.85. The molecule has 0 fully saturated rings. The average molecular weight is 747 g/mol. The van der Waals surface area contributed by atoms with Crippen LogP contribution in [0.1, 0.15) is 38.8 Å². The molecule has 0 saturated carbocycles. The first-order valence-corrected chi connectivity index (χ1v) is 17.1. The quantitative estimate of drug-likeness (QED) is 0.145. The van der Waals surface area contributed by atoms with Crippen LogP contribution in [0.25, 0.3) is 0 Å². The lowest BCUT2D eigenvalue weighted by atomic mass is 10.1. The fourth-order valence-corrected chi connectivity index (χ4v) is 7.21. The highest BCUT2D eigenvalue weighted by atomic mass is 32.2. The highest BCUT2D eigenvalue weighted by molar-refractivity contribution is 8.00. The van der Waals surface area contributed by atoms with E-state index in [1.54, 1.807) is 24.3 Å². The van der Waals surface area contributed by atoms with Crippen molar-refractivity contribution in [1.29, 1.82) is 0 Å². The number of esters is 1. The van der Waals surface area contributed by atoms with Gasteiger partial charge in [0.05, 0.1) is 69.2 Å². The van der Waals surface area contributed by atoms with Gasteiger partial charge in [0.15, 0.2) is 0 Å². The van der Waals surface area contributed by atoms with Crippen molar-refractivity contribution in [3.05, 3.63) is 70.8 Å². The molecule has 278 valence electrons. The van der Waals surface area contributed by atoms with Gasteiger partial charge in [-0.25, -0.2) is 0 Å². The Labute approximate surface area is 308 Å². The summed E-state index contributed by atoms with van der Waals surface area (Å²) in [7, 11) is 5.90. The summed E-state index contributed by atoms with van der Waals surface area (Å²) < 4.78 is 15.7. The standard InChI is InChI=1S/C36H38N6O10S/c1-19(34(47)39-17-30(46)52-5)40-29(45)16-38-28(44)15-37-27(43)14-22-25(50-3)12-10-23-32(22)53-33-24(41(23)2)11-13-26(51-4)31(33)36(49)42-18-20-8-6-7-9-21(20)35(42)48/h6-13,19H,14-18H2,1-5H3,(H,37,43)(H,38,44)(H,39,47)(H,40,45)/t19-/m0/s1. The molecule has 17 heteroatoms. The van der Waals surface area contributed by atoms with Crippen LogP contribution in [0, 0.1) is 0 Å². The Morgan fingerprint density at radius 2 is 1.43 bits per heavy atom. The van der Waals surface area contributed by atoms with Crippen molar-refractivity contribution in [3.8, 4) is 11.5 Å². The summed E-state index contributed by atoms with van der Waals surface area (Å²) in [5.74, 6) is -3.38. The van der Waals surface area contributed by atoms with Gasteiger partial charge in [0.1, 0.15) is 24.1 Å². The predicted octanol–water partition coefficient (Wildman–Crippen LogP) is 1.30. The smallest absolute Gasteiger partial charge is 0.325 e. The van der Waals surface area contributed by atoms with Gasteiger partial charge < -0.3 is 40.4 Å². The number of carbonyl (C=O) groups is 7. The van der Waals surface area contributed by atoms with Crippen molar-refractivity contribution in [2.45, 2.75) is 35.7 Å². The molecule has 2 aliphatic rings. The third-order valence-electron chi connectivity index (χ3n) is 8.58. The molecule has 0 radical (unpaired) electrons. The number of carbonyl (C=O) groups excluding carboxylic acids is 7. The number of anilines is 2. The molecule has 6 amide bonds. The van der Waals surface area contributed by atoms with Gasteiger partial charge in [-0.2, -0.15) is 0 Å². The zero-order valence-electron chi connectivity index (χ0n) is 29.6. The van der Waals surface area contributed by atoms with Gasteiger partial charge >= 0.3 is 5.97 Å². The highest BCUT2D eigenvalue weighted by Crippen LogP contribution is 2.53. The van der Waals surface area contributed by atoms with E-state index >= 15 is 0 Å². The van der Waals surface area contributed by atoms with Crippen LogP contribution in [0.3, 0.4) is 0 Å². The van der Waals surface area contributed by atoms with Gasteiger partial charge in [-0.3, -0.25) is 38.5 Å². The average Bonchev–Trinajstić information content (AvgIpc) is 3.50. The second kappa shape index (κ2) is 16.5. The van der Waals surface area contributed by atoms with E-state index in [1.165, 1.54) is 44.9 Å². The number of amides is 6. The summed E-state index contributed by atoms with van der Waals surface area (Å²) in [5, 5.41) is 9.62. The van der Waals surface area contributed by atoms with Crippen LogP contribution < -0.4 is 35.6 Å². The number of hydrogen-bond donors (Lipinski definition) is 4. The molecule has 0 aromatic heterocycles. The van der Waals surface area contributed by atoms with E-state index < -0.39 is 60.5 Å². The van der Waals surface area contributed by atoms with Gasteiger partial charge in [-0.05, 0) is 42.8 Å². The first-order valence-electron chi connectivity index (χ1n) is 16.3. The molecule has 3 aromatic carbocycles. The van der Waals surface area contributed by atoms with Crippen LogP contribution >= 0.6 is 11.8 Å². The van der Waals surface area contributed by atoms with Crippen molar-refractivity contribution in [3.63, 3.8) is 0 Å². The first-order chi connectivity index (χ1) is 25.4. The van der Waals surface area contributed by atoms with Crippen LogP contribution in [-0.4, -0.2) is 100 Å². The van der Waals surface area contributed by atoms with Crippen molar-refractivity contribution >= 4 is 64.5 Å². The van der Waals surface area contributed by atoms with E-state index in [0.29, 0.717) is 32.4 Å². The molecule has 53 heavy (non-hydrogen) atoms. The van der Waals surface area contributed by atoms with E-state index in [-0.39, 0.29) is 30.8 Å². The zero-order valence-corrected chi connectivity index (χ0v) is 30.4. The van der Waals surface area contributed by atoms with Gasteiger partial charge in [0, 0.05) is 23.1 Å². The van der Waals surface area contributed by atoms with Gasteiger partial charge in [-0.1, -0.05) is 30.0 Å². The first kappa shape index (κ1) is 38.1. The third kappa shape index (κ3) is 8.19. The maximum Gasteiger partial charge on any atom is 0.325 e. The minimum absolute atomic E-state index is 0.115. The van der Waals surface area contributed by atoms with Crippen LogP contribution in [0.4, 0.5) is 11.4 Å². The number of imide groups is 1. The molecule has 5 rings (SSSR count). The van der Waals surface area contributed by atoms with Gasteiger partial charge in [-0.15, -0.1) is 0 Å². The largest absolute Gasteiger partial charge is 0.496 e. The minimum atomic E-state index is -0.991. The van der Waals surface area contributed by atoms with Crippen LogP contribution in [0.15, 0.2) is 58.3 Å². The molecule has 0 spiro atoms. The molecule has 3 aromatic rings. The molecule has 0 bridgehead atoms. The lowest BCUT2D eigenvalue weighted by Crippen LogP contribution is -2.49. The highest BCUT2D eigenvalue weighted by Gasteiger charge is 2.38. The maximum absolute atomic E-state index is 14.2. The van der Waals surface area contributed by atoms with E-state index in [9.17, 15) is 33.6 Å². The zero-order chi connectivity index (χ0) is 38.4. The number of rotatable bonds is 13. The van der Waals surface area contributed by atoms with Gasteiger partial charge in [0.2, 0.25) is 23.6 Å². The fraction of sp³-hybridized carbons (Fsp3) is 0.306. The number of benzene rings is 3. The van der Waals surface area contributed by atoms with E-state index in [1.807, 2.05) is 36.2 Å². The normalized spacial score (nSPS) is 13.1. The Morgan fingerprint density at radius 3 is 2.11 bits per heavy atom. The molecule has 0 aliphatic carbocycles. The van der Waals surface area contributed by atoms with E-state index in [4.69, 9.17) is 9.47 Å². The Kier molecular flexibility index (Phi) is 11.9. The summed E-state index contributed by atoms with van der Waals surface area (Å²) >= 11 is 1.25. The summed E-state index contributed by atoms with van der Waals surface area (Å²) in [6.07, 6.45) is -0.207. The molecular weight excluding hydrogens is 708 g/mol. The molecular formula is C36H38N6O10S. The van der Waals surface area contributed by atoms with Crippen molar-refractivity contribution < 1.29 is 47.8 Å². The molecule has 2 aliphatic heterocycles. The summed E-state index contributed by atoms with van der Waals surface area (Å²) in [4.78, 5) is 92.9. The predicted molar refractivity (Wildman–Crippen MR) is 191 cm³/mol. The second-order valence-corrected chi connectivity index (χ2v) is 12.9. The number of hydrogen-bond acceptors (Lipinski definition) is 12. The molecule has 0 unspecified atom stereocenters. The maximum atomic E-state index is 14.2. The number of nitrogens with one attached hydrogen (secondary N) is 4. The van der Waals surface area contributed by atoms with E-state index in [0.717, 1.165) is 11.3 Å². The molecule has 1 atom stereocenters. The van der Waals surface area contributed by atoms with Gasteiger partial charge in [0.25, 0.3) is 11.8 Å². The number of fused-ring (bicyclic) bond motifs is 3. The van der Waals surface area contributed by atoms with Crippen molar-refractivity contribution in [2.75, 3.05) is 52.9 Å². The van der Waals surface area contributed by atoms with Crippen molar-refractivity contribution in [2.24, 2.45) is 0 Å². The number of methoxy groups -OCH3 is 3. The SMILES string of the molecule is COC(=O)CNC(=O)[C@H](C)NC(=O)CNC(=O)CNC(=O)Cc1c(OC)ccc2c1Sc1c(ccc(OC)c1C(=O)N1Cc3ccccc3C1=O)N2C. The van der Waals surface area contributed by atoms with Crippen LogP contribution in [-0.2, 0) is 41.7 Å². The molecule has 2 heterocycles. The lowest BCUT2D eigenvalue weighted by Gasteiger charge is -2.33. The number of nitrogens with zero attached hydrogens (tertiary/aromatic N) is 2. The topological polar surface area (TPSA) is 202 Å². The molecule has 4 N–H and O–H groups in total. The summed E-state index contributed by atoms with van der Waals surface area (Å²) in [5.41, 5.74) is 3.32. The monoisotopic (exact) mass is 746 g/mol. The Balaban J connectivity index is 1.27. The summed E-state index contributed by atoms with van der Waals surface area (Å²) in [6.45, 7) is 0.241. The summed E-state index contributed by atoms with van der Waals surface area (Å²) in [6, 6.07) is 13.1. The van der Waals surface area contributed by atoms with E-state index in [2.05, 4.69) is 26.0 Å². The molecule has 16 nitrogen and oxygen atoms in total. The Bertz CT molecular complexity index is 2000. The minimum Gasteiger partial charge on any atom is -0.496 e. The Hall–Kier alpha value is -6.10. The fourth-order valence-electron chi connectivity index (χ4n) is 5.80.